The molecule has 17 heteroatoms. The highest BCUT2D eigenvalue weighted by atomic mass is 35.5. The molecular formula is C53H45Cl2N4O8PS2. The average Bonchev–Trinajstić information content (AvgIpc) is 4.04. The van der Waals surface area contributed by atoms with Crippen LogP contribution in [0.3, 0.4) is 0 Å². The van der Waals surface area contributed by atoms with Gasteiger partial charge in [0.1, 0.15) is 24.0 Å². The van der Waals surface area contributed by atoms with E-state index in [1.165, 1.54) is 48.9 Å². The van der Waals surface area contributed by atoms with E-state index in [2.05, 4.69) is 10.3 Å². The van der Waals surface area contributed by atoms with Crippen molar-refractivity contribution in [3.63, 3.8) is 0 Å². The van der Waals surface area contributed by atoms with E-state index in [9.17, 15) is 26.4 Å². The van der Waals surface area contributed by atoms with Gasteiger partial charge in [0.25, 0.3) is 11.1 Å². The third-order valence-corrected chi connectivity index (χ3v) is 15.1. The summed E-state index contributed by atoms with van der Waals surface area (Å²) in [7, 11) is -7.26. The van der Waals surface area contributed by atoms with E-state index in [-0.39, 0.29) is 49.7 Å². The van der Waals surface area contributed by atoms with Crippen LogP contribution in [0.5, 0.6) is 0 Å². The SMILES string of the molecule is C.Cc1cc(-c2cccc(Cl)c2)ccc1-n1c(=O)ccc2cc(S(=O)(=O)Cc3ccon3)ccc21.Cc1cc(-c2cccc(Cl)c2)ccc1-n1c(=O)ccc2cc(S(=O)(=O)Cc3ccon3)ccc21.P. The average molecular weight is 1030 g/mol. The summed E-state index contributed by atoms with van der Waals surface area (Å²) in [6.07, 6.45) is 2.67. The molecule has 0 amide bonds. The van der Waals surface area contributed by atoms with Gasteiger partial charge in [-0.2, -0.15) is 9.90 Å². The lowest BCUT2D eigenvalue weighted by atomic mass is 10.0. The summed E-state index contributed by atoms with van der Waals surface area (Å²) >= 11 is 12.3. The number of nitrogens with zero attached hydrogens (tertiary/aromatic N) is 4. The van der Waals surface area contributed by atoms with E-state index in [1.807, 2.05) is 98.8 Å². The number of sulfone groups is 2. The van der Waals surface area contributed by atoms with Crippen LogP contribution in [0.2, 0.25) is 10.0 Å². The van der Waals surface area contributed by atoms with E-state index < -0.39 is 19.7 Å². The van der Waals surface area contributed by atoms with Crippen molar-refractivity contribution < 1.29 is 25.9 Å². The Bertz CT molecular complexity index is 3640. The number of pyridine rings is 2. The Morgan fingerprint density at radius 2 is 0.886 bits per heavy atom. The van der Waals surface area contributed by atoms with E-state index in [1.54, 1.807) is 45.5 Å². The number of benzene rings is 6. The number of fused-ring (bicyclic) bond motifs is 2. The fourth-order valence-electron chi connectivity index (χ4n) is 8.02. The van der Waals surface area contributed by atoms with Crippen molar-refractivity contribution in [1.82, 2.24) is 19.4 Å². The fraction of sp³-hybridized carbons (Fsp3) is 0.0943. The van der Waals surface area contributed by atoms with Crippen LogP contribution in [-0.4, -0.2) is 36.3 Å². The minimum atomic E-state index is -3.63. The lowest BCUT2D eigenvalue weighted by Gasteiger charge is -2.15. The minimum absolute atomic E-state index is 0. The van der Waals surface area contributed by atoms with Crippen LogP contribution in [0.1, 0.15) is 29.9 Å². The van der Waals surface area contributed by atoms with Crippen molar-refractivity contribution in [3.05, 3.63) is 224 Å². The fourth-order valence-corrected chi connectivity index (χ4v) is 11.0. The zero-order valence-electron chi connectivity index (χ0n) is 36.9. The molecule has 10 rings (SSSR count). The van der Waals surface area contributed by atoms with Crippen LogP contribution in [0.4, 0.5) is 0 Å². The quantitative estimate of drug-likeness (QED) is 0.120. The second kappa shape index (κ2) is 21.0. The second-order valence-corrected chi connectivity index (χ2v) is 20.8. The molecule has 1 atom stereocenters. The molecule has 0 spiro atoms. The molecule has 12 nitrogen and oxygen atoms in total. The summed E-state index contributed by atoms with van der Waals surface area (Å²) in [5.41, 5.74) is 8.66. The maximum Gasteiger partial charge on any atom is 0.255 e. The van der Waals surface area contributed by atoms with Crippen molar-refractivity contribution in [2.45, 2.75) is 42.6 Å². The molecular weight excluding hydrogens is 987 g/mol. The summed E-state index contributed by atoms with van der Waals surface area (Å²) in [6, 6.07) is 45.6. The molecule has 0 saturated heterocycles. The summed E-state index contributed by atoms with van der Waals surface area (Å²) in [5, 5.41) is 9.96. The van der Waals surface area contributed by atoms with Crippen LogP contribution < -0.4 is 11.1 Å². The van der Waals surface area contributed by atoms with E-state index >= 15 is 0 Å². The first kappa shape index (κ1) is 50.9. The Morgan fingerprint density at radius 3 is 1.24 bits per heavy atom. The van der Waals surface area contributed by atoms with Crippen molar-refractivity contribution >= 4 is 74.6 Å². The minimum Gasteiger partial charge on any atom is -0.364 e. The van der Waals surface area contributed by atoms with Gasteiger partial charge in [0.05, 0.1) is 43.6 Å². The smallest absolute Gasteiger partial charge is 0.255 e. The maximum absolute atomic E-state index is 12.9. The number of aryl methyl sites for hydroxylation is 2. The predicted octanol–water partition coefficient (Wildman–Crippen LogP) is 11.9. The standard InChI is InChI=1S/2C26H19ClN2O4S.CH4.H3P/c2*1-17-13-19(18-3-2-4-21(27)14-18)5-8-24(17)29-25-9-7-23(15-20(25)6-10-26(29)30)34(31,32)16-22-11-12-33-28-22;;/h2*2-15H,16H2,1H3;1H4;1H3. The number of halogens is 2. The Hall–Kier alpha value is -6.93. The molecule has 1 unspecified atom stereocenters. The van der Waals surface area contributed by atoms with Gasteiger partial charge in [-0.1, -0.05) is 77.3 Å². The highest BCUT2D eigenvalue weighted by Crippen LogP contribution is 2.31. The van der Waals surface area contributed by atoms with Crippen molar-refractivity contribution in [2.75, 3.05) is 0 Å². The monoisotopic (exact) mass is 1030 g/mol. The Morgan fingerprint density at radius 1 is 0.486 bits per heavy atom. The van der Waals surface area contributed by atoms with Crippen molar-refractivity contribution in [1.29, 1.82) is 0 Å². The normalized spacial score (nSPS) is 11.4. The Kier molecular flexibility index (Phi) is 15.3. The van der Waals surface area contributed by atoms with Gasteiger partial charge in [-0.3, -0.25) is 18.7 Å². The van der Waals surface area contributed by atoms with E-state index in [0.29, 0.717) is 43.2 Å². The molecule has 0 saturated carbocycles. The van der Waals surface area contributed by atoms with Gasteiger partial charge in [-0.05, 0) is 144 Å². The molecule has 0 bridgehead atoms. The number of hydrogen-bond acceptors (Lipinski definition) is 10. The van der Waals surface area contributed by atoms with Gasteiger partial charge in [-0.15, -0.1) is 0 Å². The van der Waals surface area contributed by atoms with Gasteiger partial charge in [0.15, 0.2) is 19.7 Å². The molecule has 0 radical (unpaired) electrons. The lowest BCUT2D eigenvalue weighted by Crippen LogP contribution is -2.18. The van der Waals surface area contributed by atoms with E-state index in [0.717, 1.165) is 44.8 Å². The molecule has 0 aliphatic heterocycles. The number of aromatic nitrogens is 4. The molecule has 70 heavy (non-hydrogen) atoms. The zero-order valence-corrected chi connectivity index (χ0v) is 41.5. The van der Waals surface area contributed by atoms with Gasteiger partial charge in [-0.25, -0.2) is 16.8 Å². The van der Waals surface area contributed by atoms with Crippen LogP contribution in [0, 0.1) is 13.8 Å². The number of rotatable bonds is 10. The molecule has 0 fully saturated rings. The maximum atomic E-state index is 12.9. The third kappa shape index (κ3) is 10.8. The van der Waals surface area contributed by atoms with Gasteiger partial charge < -0.3 is 9.05 Å². The molecule has 4 aromatic heterocycles. The van der Waals surface area contributed by atoms with Crippen LogP contribution in [0.15, 0.2) is 199 Å². The second-order valence-electron chi connectivity index (χ2n) is 16.0. The van der Waals surface area contributed by atoms with Gasteiger partial charge >= 0.3 is 0 Å². The molecule has 356 valence electrons. The summed E-state index contributed by atoms with van der Waals surface area (Å²) < 4.78 is 64.1. The van der Waals surface area contributed by atoms with Crippen LogP contribution >= 0.6 is 33.1 Å². The lowest BCUT2D eigenvalue weighted by molar-refractivity contribution is 0.413. The zero-order chi connectivity index (χ0) is 47.7. The molecule has 10 aromatic rings. The van der Waals surface area contributed by atoms with Crippen molar-refractivity contribution in [2.24, 2.45) is 0 Å². The first-order chi connectivity index (χ1) is 32.6. The first-order valence-corrected chi connectivity index (χ1v) is 25.0. The molecule has 0 aliphatic rings. The Labute approximate surface area is 417 Å². The highest BCUT2D eigenvalue weighted by molar-refractivity contribution is 7.91. The molecule has 6 aromatic carbocycles. The van der Waals surface area contributed by atoms with Gasteiger partial charge in [0, 0.05) is 45.1 Å². The van der Waals surface area contributed by atoms with Gasteiger partial charge in [0.2, 0.25) is 0 Å². The summed E-state index contributed by atoms with van der Waals surface area (Å²) in [6.45, 7) is 3.87. The highest BCUT2D eigenvalue weighted by Gasteiger charge is 2.21. The number of hydrogen-bond donors (Lipinski definition) is 0. The summed E-state index contributed by atoms with van der Waals surface area (Å²) in [4.78, 5) is 26.1. The third-order valence-electron chi connectivity index (χ3n) is 11.3. The first-order valence-electron chi connectivity index (χ1n) is 20.9. The molecule has 0 N–H and O–H groups in total. The largest absolute Gasteiger partial charge is 0.364 e. The van der Waals surface area contributed by atoms with Crippen molar-refractivity contribution in [3.8, 4) is 33.6 Å². The molecule has 0 aliphatic carbocycles. The summed E-state index contributed by atoms with van der Waals surface area (Å²) in [5.74, 6) is -0.530. The molecule has 4 heterocycles. The van der Waals surface area contributed by atoms with E-state index in [4.69, 9.17) is 32.2 Å². The predicted molar refractivity (Wildman–Crippen MR) is 282 cm³/mol. The van der Waals surface area contributed by atoms with Crippen LogP contribution in [0.25, 0.3) is 55.4 Å². The Balaban J connectivity index is 0.000000201. The topological polar surface area (TPSA) is 164 Å². The van der Waals surface area contributed by atoms with Crippen LogP contribution in [-0.2, 0) is 31.2 Å².